The quantitative estimate of drug-likeness (QED) is 0.896. The van der Waals surface area contributed by atoms with Crippen molar-refractivity contribution in [3.8, 4) is 0 Å². The molecule has 0 aromatic heterocycles. The molecule has 3 rings (SSSR count). The Morgan fingerprint density at radius 1 is 1.20 bits per heavy atom. The largest absolute Gasteiger partial charge is 0.358 e. The summed E-state index contributed by atoms with van der Waals surface area (Å²) >= 11 is 7.48. The number of thioether (sulfide) groups is 1. The Kier molecular flexibility index (Phi) is 3.55. The van der Waals surface area contributed by atoms with Crippen molar-refractivity contribution in [2.45, 2.75) is 10.1 Å². The number of fused-ring (bicyclic) bond motifs is 1. The summed E-state index contributed by atoms with van der Waals surface area (Å²) in [4.78, 5) is 13.4. The Balaban J connectivity index is 1.78. The molecule has 0 bridgehead atoms. The minimum atomic E-state index is -0.286. The number of halogens is 1. The number of hydrogen-bond acceptors (Lipinski definition) is 3. The fraction of sp³-hybridized carbons (Fsp3) is 0.0625. The molecule has 1 aliphatic heterocycles. The highest BCUT2D eigenvalue weighted by molar-refractivity contribution is 8.01. The van der Waals surface area contributed by atoms with E-state index in [2.05, 4.69) is 11.9 Å². The smallest absolute Gasteiger partial charge is 0.183 e. The first-order chi connectivity index (χ1) is 9.65. The third-order valence-electron chi connectivity index (χ3n) is 3.08. The summed E-state index contributed by atoms with van der Waals surface area (Å²) in [5, 5.41) is 3.53. The van der Waals surface area contributed by atoms with Gasteiger partial charge in [0.05, 0.1) is 0 Å². The lowest BCUT2D eigenvalue weighted by atomic mass is 10.1. The van der Waals surface area contributed by atoms with Crippen LogP contribution >= 0.6 is 23.4 Å². The molecule has 0 spiro atoms. The van der Waals surface area contributed by atoms with Gasteiger partial charge in [0.15, 0.2) is 5.78 Å². The van der Waals surface area contributed by atoms with Gasteiger partial charge >= 0.3 is 0 Å². The summed E-state index contributed by atoms with van der Waals surface area (Å²) in [6.07, 6.45) is 0. The van der Waals surface area contributed by atoms with E-state index in [1.54, 1.807) is 6.07 Å². The molecule has 0 saturated carbocycles. The summed E-state index contributed by atoms with van der Waals surface area (Å²) < 4.78 is 0. The van der Waals surface area contributed by atoms with E-state index >= 15 is 0 Å². The van der Waals surface area contributed by atoms with Crippen molar-refractivity contribution in [2.75, 3.05) is 5.32 Å². The summed E-state index contributed by atoms with van der Waals surface area (Å²) in [6, 6.07) is 15.0. The van der Waals surface area contributed by atoms with E-state index in [0.29, 0.717) is 10.7 Å². The molecule has 20 heavy (non-hydrogen) atoms. The van der Waals surface area contributed by atoms with Gasteiger partial charge < -0.3 is 5.32 Å². The topological polar surface area (TPSA) is 29.1 Å². The maximum Gasteiger partial charge on any atom is 0.183 e. The van der Waals surface area contributed by atoms with Crippen molar-refractivity contribution in [3.05, 3.63) is 71.4 Å². The lowest BCUT2D eigenvalue weighted by Crippen LogP contribution is -2.19. The van der Waals surface area contributed by atoms with E-state index < -0.39 is 0 Å². The maximum atomic E-state index is 12.3. The number of hydrogen-bond donors (Lipinski definition) is 1. The lowest BCUT2D eigenvalue weighted by Gasteiger charge is -2.14. The average Bonchev–Trinajstić information content (AvgIpc) is 2.77. The molecule has 100 valence electrons. The van der Waals surface area contributed by atoms with Crippen LogP contribution in [0.4, 0.5) is 5.69 Å². The Morgan fingerprint density at radius 2 is 2.00 bits per heavy atom. The third kappa shape index (κ3) is 2.47. The molecule has 2 aromatic carbocycles. The molecule has 0 fully saturated rings. The highest BCUT2D eigenvalue weighted by Gasteiger charge is 2.33. The second kappa shape index (κ2) is 5.35. The first-order valence-electron chi connectivity index (χ1n) is 6.16. The van der Waals surface area contributed by atoms with Crippen LogP contribution < -0.4 is 5.32 Å². The molecule has 0 unspecified atom stereocenters. The summed E-state index contributed by atoms with van der Waals surface area (Å²) in [5.74, 6) is 0.102. The number of ketones is 1. The lowest BCUT2D eigenvalue weighted by molar-refractivity contribution is 0.100. The van der Waals surface area contributed by atoms with Crippen molar-refractivity contribution in [1.82, 2.24) is 0 Å². The predicted molar refractivity (Wildman–Crippen MR) is 84.6 cm³/mol. The van der Waals surface area contributed by atoms with Gasteiger partial charge in [0.2, 0.25) is 0 Å². The number of anilines is 1. The van der Waals surface area contributed by atoms with Gasteiger partial charge in [0, 0.05) is 26.9 Å². The molecule has 1 aliphatic rings. The van der Waals surface area contributed by atoms with Crippen LogP contribution in [0, 0.1) is 0 Å². The van der Waals surface area contributed by atoms with Gasteiger partial charge in [0.1, 0.15) is 5.25 Å². The Morgan fingerprint density at radius 3 is 2.75 bits per heavy atom. The maximum absolute atomic E-state index is 12.3. The van der Waals surface area contributed by atoms with Crippen LogP contribution in [0.1, 0.15) is 10.4 Å². The summed E-state index contributed by atoms with van der Waals surface area (Å²) in [6.45, 7) is 4.00. The Bertz CT molecular complexity index is 698. The Labute approximate surface area is 126 Å². The third-order valence-corrected chi connectivity index (χ3v) is 4.66. The van der Waals surface area contributed by atoms with E-state index in [4.69, 9.17) is 11.6 Å². The fourth-order valence-electron chi connectivity index (χ4n) is 2.14. The number of nitrogens with one attached hydrogen (secondary N) is 1. The molecule has 4 heteroatoms. The van der Waals surface area contributed by atoms with Crippen molar-refractivity contribution in [3.63, 3.8) is 0 Å². The van der Waals surface area contributed by atoms with Crippen LogP contribution in [-0.4, -0.2) is 11.0 Å². The molecular formula is C16H12ClNOS. The first-order valence-corrected chi connectivity index (χ1v) is 7.42. The zero-order valence-corrected chi connectivity index (χ0v) is 12.2. The minimum absolute atomic E-state index is 0.102. The molecule has 2 nitrogen and oxygen atoms in total. The van der Waals surface area contributed by atoms with Gasteiger partial charge in [-0.15, -0.1) is 11.8 Å². The monoisotopic (exact) mass is 301 g/mol. The van der Waals surface area contributed by atoms with Crippen molar-refractivity contribution >= 4 is 34.8 Å². The molecular weight excluding hydrogens is 290 g/mol. The highest BCUT2D eigenvalue weighted by atomic mass is 35.5. The molecule has 1 heterocycles. The van der Waals surface area contributed by atoms with E-state index in [0.717, 1.165) is 16.1 Å². The predicted octanol–water partition coefficient (Wildman–Crippen LogP) is 4.62. The van der Waals surface area contributed by atoms with Crippen LogP contribution in [-0.2, 0) is 0 Å². The van der Waals surface area contributed by atoms with Crippen LogP contribution in [0.25, 0.3) is 0 Å². The highest BCUT2D eigenvalue weighted by Crippen LogP contribution is 2.39. The number of carbonyl (C=O) groups is 1. The second-order valence-electron chi connectivity index (χ2n) is 4.52. The normalized spacial score (nSPS) is 16.9. The standard InChI is InChI=1S/C16H12ClNOS/c1-10(18-12-6-4-5-11(17)9-12)16-15(19)13-7-2-3-8-14(13)20-16/h2-9,16,18H,1H2/t16-/m0/s1. The van der Waals surface area contributed by atoms with E-state index in [-0.39, 0.29) is 11.0 Å². The van der Waals surface area contributed by atoms with Gasteiger partial charge in [-0.25, -0.2) is 0 Å². The summed E-state index contributed by atoms with van der Waals surface area (Å²) in [7, 11) is 0. The van der Waals surface area contributed by atoms with Crippen LogP contribution in [0.15, 0.2) is 65.7 Å². The molecule has 2 aromatic rings. The van der Waals surface area contributed by atoms with E-state index in [1.165, 1.54) is 11.8 Å². The molecule has 0 radical (unpaired) electrons. The van der Waals surface area contributed by atoms with Gasteiger partial charge in [0.25, 0.3) is 0 Å². The number of benzene rings is 2. The van der Waals surface area contributed by atoms with Crippen molar-refractivity contribution in [1.29, 1.82) is 0 Å². The molecule has 1 N–H and O–H groups in total. The molecule has 1 atom stereocenters. The second-order valence-corrected chi connectivity index (χ2v) is 6.10. The van der Waals surface area contributed by atoms with Crippen LogP contribution in [0.5, 0.6) is 0 Å². The van der Waals surface area contributed by atoms with Crippen molar-refractivity contribution < 1.29 is 4.79 Å². The molecule has 0 amide bonds. The van der Waals surface area contributed by atoms with Crippen molar-refractivity contribution in [2.24, 2.45) is 0 Å². The molecule has 0 aliphatic carbocycles. The zero-order valence-electron chi connectivity index (χ0n) is 10.6. The minimum Gasteiger partial charge on any atom is -0.358 e. The van der Waals surface area contributed by atoms with Gasteiger partial charge in [-0.05, 0) is 24.3 Å². The summed E-state index contributed by atoms with van der Waals surface area (Å²) in [5.41, 5.74) is 2.29. The number of Topliss-reactive ketones (excluding diaryl/α,β-unsaturated/α-hetero) is 1. The van der Waals surface area contributed by atoms with E-state index in [9.17, 15) is 4.79 Å². The first kappa shape index (κ1) is 13.3. The van der Waals surface area contributed by atoms with Crippen LogP contribution in [0.2, 0.25) is 5.02 Å². The zero-order chi connectivity index (χ0) is 14.1. The Hall–Kier alpha value is -1.71. The SMILES string of the molecule is C=C(Nc1cccc(Cl)c1)[C@@H]1Sc2ccccc2C1=O. The van der Waals surface area contributed by atoms with Gasteiger partial charge in [-0.3, -0.25) is 4.79 Å². The number of rotatable bonds is 3. The van der Waals surface area contributed by atoms with E-state index in [1.807, 2.05) is 42.5 Å². The van der Waals surface area contributed by atoms with Gasteiger partial charge in [-0.2, -0.15) is 0 Å². The molecule has 0 saturated heterocycles. The van der Waals surface area contributed by atoms with Crippen LogP contribution in [0.3, 0.4) is 0 Å². The van der Waals surface area contributed by atoms with Gasteiger partial charge in [-0.1, -0.05) is 42.4 Å². The average molecular weight is 302 g/mol. The fourth-order valence-corrected chi connectivity index (χ4v) is 3.47. The number of carbonyl (C=O) groups excluding carboxylic acids is 1.